The van der Waals surface area contributed by atoms with Gasteiger partial charge in [-0.1, -0.05) is 30.3 Å². The third-order valence-electron chi connectivity index (χ3n) is 4.13. The molecule has 8 nitrogen and oxygen atoms in total. The van der Waals surface area contributed by atoms with E-state index in [1.807, 2.05) is 30.3 Å². The van der Waals surface area contributed by atoms with Crippen molar-refractivity contribution in [3.63, 3.8) is 0 Å². The van der Waals surface area contributed by atoms with Crippen LogP contribution in [0.1, 0.15) is 5.89 Å². The summed E-state index contributed by atoms with van der Waals surface area (Å²) in [5, 5.41) is 0. The maximum absolute atomic E-state index is 12.4. The fraction of sp³-hybridized carbons (Fsp3) is 0.176. The Kier molecular flexibility index (Phi) is 3.38. The van der Waals surface area contributed by atoms with Crippen LogP contribution >= 0.6 is 0 Å². The molecule has 4 aromatic rings. The zero-order valence-corrected chi connectivity index (χ0v) is 13.7. The highest BCUT2D eigenvalue weighted by molar-refractivity contribution is 5.70. The van der Waals surface area contributed by atoms with Crippen LogP contribution in [0, 0.1) is 0 Å². The molecule has 126 valence electrons. The van der Waals surface area contributed by atoms with Gasteiger partial charge in [0, 0.05) is 19.7 Å². The molecule has 3 aromatic heterocycles. The Balaban J connectivity index is 1.77. The highest BCUT2D eigenvalue weighted by Crippen LogP contribution is 2.20. The lowest BCUT2D eigenvalue weighted by molar-refractivity contribution is 0.491. The van der Waals surface area contributed by atoms with E-state index in [1.54, 1.807) is 17.8 Å². The molecular weight excluding hydrogens is 322 g/mol. The first-order valence-corrected chi connectivity index (χ1v) is 7.67. The maximum Gasteiger partial charge on any atom is 0.332 e. The Morgan fingerprint density at radius 1 is 1.04 bits per heavy atom. The molecule has 0 spiro atoms. The highest BCUT2D eigenvalue weighted by Gasteiger charge is 2.16. The van der Waals surface area contributed by atoms with E-state index in [9.17, 15) is 9.59 Å². The van der Waals surface area contributed by atoms with Crippen LogP contribution in [0.3, 0.4) is 0 Å². The molecule has 8 heteroatoms. The molecule has 0 aliphatic carbocycles. The van der Waals surface area contributed by atoms with Crippen LogP contribution in [0.15, 0.2) is 56.9 Å². The summed E-state index contributed by atoms with van der Waals surface area (Å²) >= 11 is 0. The number of rotatable bonds is 3. The summed E-state index contributed by atoms with van der Waals surface area (Å²) in [5.74, 6) is 1.11. The molecule has 0 N–H and O–H groups in total. The number of benzene rings is 1. The normalized spacial score (nSPS) is 11.3. The van der Waals surface area contributed by atoms with Crippen molar-refractivity contribution in [1.29, 1.82) is 0 Å². The highest BCUT2D eigenvalue weighted by atomic mass is 16.4. The second-order valence-electron chi connectivity index (χ2n) is 5.73. The van der Waals surface area contributed by atoms with Gasteiger partial charge in [-0.05, 0) is 0 Å². The third-order valence-corrected chi connectivity index (χ3v) is 4.13. The predicted molar refractivity (Wildman–Crippen MR) is 91.3 cm³/mol. The van der Waals surface area contributed by atoms with E-state index < -0.39 is 11.2 Å². The second-order valence-corrected chi connectivity index (χ2v) is 5.73. The van der Waals surface area contributed by atoms with Gasteiger partial charge in [-0.2, -0.15) is 0 Å². The molecule has 0 atom stereocenters. The van der Waals surface area contributed by atoms with Crippen molar-refractivity contribution >= 4 is 11.2 Å². The number of aryl methyl sites for hydroxylation is 1. The number of hydrogen-bond acceptors (Lipinski definition) is 5. The van der Waals surface area contributed by atoms with Crippen molar-refractivity contribution in [3.05, 3.63) is 69.6 Å². The molecular formula is C17H15N5O3. The first-order valence-electron chi connectivity index (χ1n) is 7.67. The molecule has 0 aliphatic rings. The summed E-state index contributed by atoms with van der Waals surface area (Å²) in [6, 6.07) is 9.64. The van der Waals surface area contributed by atoms with Crippen LogP contribution in [0.4, 0.5) is 0 Å². The molecule has 1 aromatic carbocycles. The molecule has 0 amide bonds. The summed E-state index contributed by atoms with van der Waals surface area (Å²) in [5.41, 5.74) is 0.790. The lowest BCUT2D eigenvalue weighted by Gasteiger charge is -2.05. The molecule has 0 radical (unpaired) electrons. The average molecular weight is 337 g/mol. The lowest BCUT2D eigenvalue weighted by Crippen LogP contribution is -2.37. The quantitative estimate of drug-likeness (QED) is 0.559. The fourth-order valence-electron chi connectivity index (χ4n) is 2.78. The maximum atomic E-state index is 12.4. The van der Waals surface area contributed by atoms with E-state index in [2.05, 4.69) is 9.97 Å². The number of fused-ring (bicyclic) bond motifs is 1. The number of nitrogens with zero attached hydrogens (tertiary/aromatic N) is 5. The first kappa shape index (κ1) is 15.1. The Morgan fingerprint density at radius 2 is 1.80 bits per heavy atom. The van der Waals surface area contributed by atoms with Gasteiger partial charge < -0.3 is 8.98 Å². The van der Waals surface area contributed by atoms with Crippen molar-refractivity contribution in [1.82, 2.24) is 23.7 Å². The Labute approximate surface area is 141 Å². The Morgan fingerprint density at radius 3 is 2.56 bits per heavy atom. The third kappa shape index (κ3) is 2.38. The zero-order chi connectivity index (χ0) is 17.6. The van der Waals surface area contributed by atoms with Gasteiger partial charge in [0.25, 0.3) is 5.56 Å². The van der Waals surface area contributed by atoms with Gasteiger partial charge in [0.2, 0.25) is 5.89 Å². The van der Waals surface area contributed by atoms with E-state index >= 15 is 0 Å². The van der Waals surface area contributed by atoms with Gasteiger partial charge in [-0.15, -0.1) is 0 Å². The largest absolute Gasteiger partial charge is 0.439 e. The lowest BCUT2D eigenvalue weighted by atomic mass is 10.2. The average Bonchev–Trinajstić information content (AvgIpc) is 3.27. The summed E-state index contributed by atoms with van der Waals surface area (Å²) in [4.78, 5) is 32.9. The van der Waals surface area contributed by atoms with Crippen LogP contribution in [0.2, 0.25) is 0 Å². The van der Waals surface area contributed by atoms with E-state index in [1.165, 1.54) is 17.9 Å². The minimum atomic E-state index is -0.412. The van der Waals surface area contributed by atoms with Crippen LogP contribution < -0.4 is 11.2 Å². The minimum Gasteiger partial charge on any atom is -0.439 e. The molecule has 4 rings (SSSR count). The van der Waals surface area contributed by atoms with Crippen molar-refractivity contribution < 1.29 is 4.42 Å². The van der Waals surface area contributed by atoms with Gasteiger partial charge in [0.1, 0.15) is 6.54 Å². The minimum absolute atomic E-state index is 0.247. The van der Waals surface area contributed by atoms with Crippen molar-refractivity contribution in [2.45, 2.75) is 6.54 Å². The van der Waals surface area contributed by atoms with E-state index in [4.69, 9.17) is 4.42 Å². The molecule has 3 heterocycles. The molecule has 0 unspecified atom stereocenters. The van der Waals surface area contributed by atoms with Crippen LogP contribution in [0.5, 0.6) is 0 Å². The molecule has 0 saturated carbocycles. The molecule has 0 aliphatic heterocycles. The van der Waals surface area contributed by atoms with Crippen LogP contribution in [0.25, 0.3) is 22.5 Å². The predicted octanol–water partition coefficient (Wildman–Crippen LogP) is 1.14. The fourth-order valence-corrected chi connectivity index (χ4v) is 2.78. The summed E-state index contributed by atoms with van der Waals surface area (Å²) in [7, 11) is 3.03. The van der Waals surface area contributed by atoms with Crippen molar-refractivity contribution in [2.24, 2.45) is 14.1 Å². The van der Waals surface area contributed by atoms with Crippen LogP contribution in [-0.2, 0) is 20.6 Å². The topological polar surface area (TPSA) is 87.8 Å². The number of aromatic nitrogens is 5. The monoisotopic (exact) mass is 337 g/mol. The second kappa shape index (κ2) is 5.59. The Hall–Kier alpha value is -3.42. The van der Waals surface area contributed by atoms with Crippen molar-refractivity contribution in [2.75, 3.05) is 0 Å². The molecule has 0 bridgehead atoms. The molecule has 0 saturated heterocycles. The smallest absolute Gasteiger partial charge is 0.332 e. The Bertz CT molecular complexity index is 1180. The van der Waals surface area contributed by atoms with Gasteiger partial charge >= 0.3 is 5.69 Å². The first-order chi connectivity index (χ1) is 12.1. The van der Waals surface area contributed by atoms with Gasteiger partial charge in [-0.25, -0.2) is 14.8 Å². The molecule has 25 heavy (non-hydrogen) atoms. The summed E-state index contributed by atoms with van der Waals surface area (Å²) < 4.78 is 9.82. The number of oxazole rings is 1. The van der Waals surface area contributed by atoms with E-state index in [0.717, 1.165) is 10.1 Å². The van der Waals surface area contributed by atoms with Crippen molar-refractivity contribution in [3.8, 4) is 11.3 Å². The number of hydrogen-bond donors (Lipinski definition) is 0. The SMILES string of the molecule is Cn1c(=O)c2c(ncn2Cc2ncc(-c3ccccc3)o2)n(C)c1=O. The summed E-state index contributed by atoms with van der Waals surface area (Å²) in [6.07, 6.45) is 3.16. The van der Waals surface area contributed by atoms with E-state index in [-0.39, 0.29) is 6.54 Å². The number of imidazole rings is 1. The van der Waals surface area contributed by atoms with Gasteiger partial charge in [0.05, 0.1) is 12.5 Å². The summed E-state index contributed by atoms with van der Waals surface area (Å²) in [6.45, 7) is 0.247. The molecule has 0 fully saturated rings. The van der Waals surface area contributed by atoms with Gasteiger partial charge in [0.15, 0.2) is 16.9 Å². The zero-order valence-electron chi connectivity index (χ0n) is 13.7. The standard InChI is InChI=1S/C17H15N5O3/c1-20-15-14(16(23)21(2)17(20)24)22(10-19-15)9-13-18-8-12(25-13)11-6-4-3-5-7-11/h3-8,10H,9H2,1-2H3. The van der Waals surface area contributed by atoms with Gasteiger partial charge in [-0.3, -0.25) is 13.9 Å². The van der Waals surface area contributed by atoms with Crippen LogP contribution in [-0.4, -0.2) is 23.7 Å². The van der Waals surface area contributed by atoms with E-state index in [0.29, 0.717) is 22.8 Å².